The number of quaternary nitrogens is 1. The molecule has 0 saturated heterocycles. The first-order valence-electron chi connectivity index (χ1n) is 7.31. The number of hydrogen-bond acceptors (Lipinski definition) is 5. The molecule has 128 valence electrons. The Morgan fingerprint density at radius 1 is 1.08 bits per heavy atom. The Morgan fingerprint density at radius 3 is 2.29 bits per heavy atom. The lowest BCUT2D eigenvalue weighted by molar-refractivity contribution is -0.715. The van der Waals surface area contributed by atoms with Crippen molar-refractivity contribution < 1.29 is 18.4 Å². The summed E-state index contributed by atoms with van der Waals surface area (Å²) in [4.78, 5) is 9.90. The molecule has 1 N–H and O–H groups in total. The molecule has 1 fully saturated rings. The molecule has 0 aliphatic heterocycles. The number of hydrogen-bond donors (Lipinski definition) is 1. The summed E-state index contributed by atoms with van der Waals surface area (Å²) in [5.41, 5.74) is -0.330. The van der Waals surface area contributed by atoms with E-state index in [2.05, 4.69) is 9.97 Å². The van der Waals surface area contributed by atoms with Gasteiger partial charge in [-0.15, -0.1) is 0 Å². The van der Waals surface area contributed by atoms with Gasteiger partial charge in [0.1, 0.15) is 11.5 Å². The number of alkyl halides is 3. The van der Waals surface area contributed by atoms with Crippen molar-refractivity contribution in [2.75, 3.05) is 4.90 Å². The van der Waals surface area contributed by atoms with Crippen LogP contribution in [0.5, 0.6) is 0 Å². The molecule has 2 heterocycles. The fraction of sp³-hybridized carbons (Fsp3) is 0.333. The molecular weight excluding hydrogens is 325 g/mol. The average Bonchev–Trinajstić information content (AvgIpc) is 3.37. The highest BCUT2D eigenvalue weighted by atomic mass is 19.4. The first-order valence-corrected chi connectivity index (χ1v) is 7.31. The van der Waals surface area contributed by atoms with Gasteiger partial charge in [-0.1, -0.05) is 0 Å². The molecule has 24 heavy (non-hydrogen) atoms. The van der Waals surface area contributed by atoms with E-state index in [1.54, 1.807) is 6.07 Å². The van der Waals surface area contributed by atoms with E-state index in [4.69, 9.17) is 0 Å². The lowest BCUT2D eigenvalue weighted by atomic mass is 10.2. The average molecular weight is 339 g/mol. The first-order chi connectivity index (χ1) is 11.3. The van der Waals surface area contributed by atoms with Crippen molar-refractivity contribution in [1.82, 2.24) is 9.97 Å². The Hall–Kier alpha value is -2.23. The lowest BCUT2D eigenvalue weighted by Gasteiger charge is -2.26. The SMILES string of the molecule is [O-][NH+]([O-])c1ccc(N(Cc2ccc(C(F)(F)F)cn2)C2CC2)nc1. The summed E-state index contributed by atoms with van der Waals surface area (Å²) in [6.45, 7) is 0.306. The summed E-state index contributed by atoms with van der Waals surface area (Å²) in [6.07, 6.45) is -0.494. The Morgan fingerprint density at radius 2 is 1.83 bits per heavy atom. The van der Waals surface area contributed by atoms with E-state index in [0.717, 1.165) is 25.1 Å². The van der Waals surface area contributed by atoms with Crippen molar-refractivity contribution >= 4 is 11.5 Å². The zero-order valence-corrected chi connectivity index (χ0v) is 12.5. The summed E-state index contributed by atoms with van der Waals surface area (Å²) >= 11 is 0. The van der Waals surface area contributed by atoms with Gasteiger partial charge in [-0.25, -0.2) is 4.98 Å². The molecule has 3 rings (SSSR count). The molecule has 6 nitrogen and oxygen atoms in total. The summed E-state index contributed by atoms with van der Waals surface area (Å²) in [7, 11) is 0. The van der Waals surface area contributed by atoms with E-state index >= 15 is 0 Å². The molecule has 0 bridgehead atoms. The highest BCUT2D eigenvalue weighted by molar-refractivity contribution is 5.45. The second-order valence-electron chi connectivity index (χ2n) is 5.59. The normalized spacial score (nSPS) is 14.9. The van der Waals surface area contributed by atoms with Crippen LogP contribution in [0.4, 0.5) is 24.7 Å². The van der Waals surface area contributed by atoms with Gasteiger partial charge >= 0.3 is 6.18 Å². The fourth-order valence-electron chi connectivity index (χ4n) is 2.32. The van der Waals surface area contributed by atoms with Gasteiger partial charge in [-0.3, -0.25) is 4.98 Å². The van der Waals surface area contributed by atoms with Crippen LogP contribution in [0.15, 0.2) is 36.7 Å². The second-order valence-corrected chi connectivity index (χ2v) is 5.59. The van der Waals surface area contributed by atoms with Crippen molar-refractivity contribution in [1.29, 1.82) is 0 Å². The minimum atomic E-state index is -4.41. The molecule has 0 spiro atoms. The molecule has 1 aliphatic rings. The molecular formula is C15H14F3N4O2-. The van der Waals surface area contributed by atoms with Gasteiger partial charge in [0.2, 0.25) is 0 Å². The monoisotopic (exact) mass is 339 g/mol. The predicted molar refractivity (Wildman–Crippen MR) is 80.0 cm³/mol. The lowest BCUT2D eigenvalue weighted by Crippen LogP contribution is -2.96. The van der Waals surface area contributed by atoms with E-state index in [9.17, 15) is 23.6 Å². The van der Waals surface area contributed by atoms with Crippen LogP contribution in [0.25, 0.3) is 0 Å². The van der Waals surface area contributed by atoms with Gasteiger partial charge in [0.15, 0.2) is 0 Å². The number of aromatic nitrogens is 2. The van der Waals surface area contributed by atoms with Gasteiger partial charge in [-0.2, -0.15) is 13.2 Å². The standard InChI is InChI=1S/C15H14F3N4O2/c16-15(17,18)10-1-2-11(19-7-10)9-21(12-3-4-12)14-6-5-13(8-20-14)22(23)24/h1-2,5-8,12,22H,3-4,9H2/q-1. The molecule has 0 atom stereocenters. The van der Waals surface area contributed by atoms with Gasteiger partial charge in [0.05, 0.1) is 24.0 Å². The zero-order chi connectivity index (χ0) is 17.3. The van der Waals surface area contributed by atoms with Crippen LogP contribution >= 0.6 is 0 Å². The van der Waals surface area contributed by atoms with Crippen LogP contribution in [-0.2, 0) is 12.7 Å². The van der Waals surface area contributed by atoms with Crippen molar-refractivity contribution in [2.45, 2.75) is 31.6 Å². The molecule has 0 radical (unpaired) electrons. The van der Waals surface area contributed by atoms with Crippen molar-refractivity contribution in [3.8, 4) is 0 Å². The molecule has 1 saturated carbocycles. The van der Waals surface area contributed by atoms with Crippen molar-refractivity contribution in [3.05, 3.63) is 58.3 Å². The maximum Gasteiger partial charge on any atom is 0.417 e. The number of anilines is 1. The molecule has 1 aliphatic carbocycles. The molecule has 9 heteroatoms. The molecule has 0 aromatic carbocycles. The number of halogens is 3. The molecule has 2 aromatic rings. The topological polar surface area (TPSA) is 79.6 Å². The predicted octanol–water partition coefficient (Wildman–Crippen LogP) is 2.18. The zero-order valence-electron chi connectivity index (χ0n) is 12.5. The van der Waals surface area contributed by atoms with Gasteiger partial charge < -0.3 is 20.5 Å². The third-order valence-corrected chi connectivity index (χ3v) is 3.75. The number of nitrogens with one attached hydrogen (secondary N) is 1. The van der Waals surface area contributed by atoms with E-state index < -0.39 is 17.0 Å². The Bertz CT molecular complexity index is 685. The van der Waals surface area contributed by atoms with E-state index in [1.165, 1.54) is 18.3 Å². The van der Waals surface area contributed by atoms with Crippen LogP contribution in [-0.4, -0.2) is 16.0 Å². The van der Waals surface area contributed by atoms with Gasteiger partial charge in [0.25, 0.3) is 0 Å². The highest BCUT2D eigenvalue weighted by Gasteiger charge is 2.32. The first kappa shape index (κ1) is 16.6. The second kappa shape index (κ2) is 6.34. The van der Waals surface area contributed by atoms with Crippen LogP contribution in [0.2, 0.25) is 0 Å². The largest absolute Gasteiger partial charge is 0.628 e. The van der Waals surface area contributed by atoms with E-state index in [-0.39, 0.29) is 11.7 Å². The summed E-state index contributed by atoms with van der Waals surface area (Å²) in [5, 5.41) is 20.2. The maximum absolute atomic E-state index is 12.6. The Labute approximate surface area is 135 Å². The molecule has 2 aromatic heterocycles. The van der Waals surface area contributed by atoms with Crippen molar-refractivity contribution in [3.63, 3.8) is 0 Å². The van der Waals surface area contributed by atoms with Crippen LogP contribution in [0, 0.1) is 10.4 Å². The van der Waals surface area contributed by atoms with Crippen LogP contribution in [0.1, 0.15) is 24.1 Å². The number of nitrogens with zero attached hydrogens (tertiary/aromatic N) is 3. The fourth-order valence-corrected chi connectivity index (χ4v) is 2.32. The third kappa shape index (κ3) is 3.81. The smallest absolute Gasteiger partial charge is 0.417 e. The van der Waals surface area contributed by atoms with Crippen LogP contribution < -0.4 is 10.1 Å². The molecule has 0 amide bonds. The third-order valence-electron chi connectivity index (χ3n) is 3.75. The summed E-state index contributed by atoms with van der Waals surface area (Å²) in [5.74, 6) is 0.559. The summed E-state index contributed by atoms with van der Waals surface area (Å²) in [6, 6.07) is 5.53. The minimum Gasteiger partial charge on any atom is -0.628 e. The van der Waals surface area contributed by atoms with E-state index in [1.807, 2.05) is 4.90 Å². The molecule has 0 unspecified atom stereocenters. The number of rotatable bonds is 5. The van der Waals surface area contributed by atoms with Crippen LogP contribution in [0.3, 0.4) is 0 Å². The number of pyridine rings is 2. The maximum atomic E-state index is 12.6. The van der Waals surface area contributed by atoms with Gasteiger partial charge in [-0.05, 0) is 31.0 Å². The van der Waals surface area contributed by atoms with E-state index in [0.29, 0.717) is 18.1 Å². The Kier molecular flexibility index (Phi) is 4.39. The summed E-state index contributed by atoms with van der Waals surface area (Å²) < 4.78 is 37.7. The van der Waals surface area contributed by atoms with Gasteiger partial charge in [0, 0.05) is 18.3 Å². The Balaban J connectivity index is 1.77. The highest BCUT2D eigenvalue weighted by Crippen LogP contribution is 2.33. The minimum absolute atomic E-state index is 0.0258. The quantitative estimate of drug-likeness (QED) is 0.845. The van der Waals surface area contributed by atoms with Crippen molar-refractivity contribution in [2.24, 2.45) is 0 Å².